The summed E-state index contributed by atoms with van der Waals surface area (Å²) in [7, 11) is 0. The minimum absolute atomic E-state index is 0.0476. The van der Waals surface area contributed by atoms with E-state index in [0.717, 1.165) is 12.1 Å². The minimum atomic E-state index is -4.54. The Morgan fingerprint density at radius 1 is 1.19 bits per heavy atom. The van der Waals surface area contributed by atoms with Crippen LogP contribution in [0.15, 0.2) is 12.1 Å². The van der Waals surface area contributed by atoms with Crippen LogP contribution in [0, 0.1) is 17.6 Å². The Labute approximate surface area is 118 Å². The van der Waals surface area contributed by atoms with Crippen LogP contribution >= 0.6 is 0 Å². The number of nitrogens with one attached hydrogen (secondary N) is 1. The van der Waals surface area contributed by atoms with E-state index < -0.39 is 41.0 Å². The predicted octanol–water partition coefficient (Wildman–Crippen LogP) is 4.31. The number of halogens is 5. The van der Waals surface area contributed by atoms with Gasteiger partial charge in [-0.05, 0) is 30.9 Å². The van der Waals surface area contributed by atoms with Crippen molar-refractivity contribution in [2.75, 3.05) is 5.32 Å². The molecule has 0 aromatic heterocycles. The topological polar surface area (TPSA) is 29.1 Å². The largest absolute Gasteiger partial charge is 0.408 e. The zero-order valence-electron chi connectivity index (χ0n) is 11.0. The molecular weight excluding hydrogens is 293 g/mol. The maximum absolute atomic E-state index is 13.9. The third kappa shape index (κ3) is 3.33. The highest BCUT2D eigenvalue weighted by atomic mass is 19.4. The number of alkyl halides is 3. The van der Waals surface area contributed by atoms with Gasteiger partial charge in [-0.2, -0.15) is 13.2 Å². The molecule has 1 aliphatic carbocycles. The van der Waals surface area contributed by atoms with Crippen LogP contribution in [0.4, 0.5) is 27.6 Å². The van der Waals surface area contributed by atoms with Crippen LogP contribution < -0.4 is 5.32 Å². The summed E-state index contributed by atoms with van der Waals surface area (Å²) < 4.78 is 66.4. The van der Waals surface area contributed by atoms with Crippen LogP contribution in [-0.4, -0.2) is 18.5 Å². The molecule has 0 spiro atoms. The first-order chi connectivity index (χ1) is 9.84. The van der Waals surface area contributed by atoms with Crippen molar-refractivity contribution in [3.63, 3.8) is 0 Å². The van der Waals surface area contributed by atoms with Crippen molar-refractivity contribution in [1.29, 1.82) is 0 Å². The predicted molar refractivity (Wildman–Crippen MR) is 67.2 cm³/mol. The van der Waals surface area contributed by atoms with Gasteiger partial charge < -0.3 is 5.32 Å². The summed E-state index contributed by atoms with van der Waals surface area (Å²) in [5.74, 6) is -3.04. The van der Waals surface area contributed by atoms with Gasteiger partial charge >= 0.3 is 6.18 Å². The van der Waals surface area contributed by atoms with Crippen molar-refractivity contribution in [2.45, 2.75) is 37.9 Å². The lowest BCUT2D eigenvalue weighted by molar-refractivity contribution is -0.152. The van der Waals surface area contributed by atoms with Crippen molar-refractivity contribution >= 4 is 12.0 Å². The van der Waals surface area contributed by atoms with Gasteiger partial charge in [-0.15, -0.1) is 0 Å². The highest BCUT2D eigenvalue weighted by molar-refractivity contribution is 5.78. The van der Waals surface area contributed by atoms with Crippen molar-refractivity contribution in [3.8, 4) is 0 Å². The SMILES string of the molecule is O=Cc1c(F)ccc(NC(C2CCCC2)C(F)(F)F)c1F. The second-order valence-corrected chi connectivity index (χ2v) is 5.15. The van der Waals surface area contributed by atoms with Gasteiger partial charge in [0.15, 0.2) is 12.1 Å². The highest BCUT2D eigenvalue weighted by Crippen LogP contribution is 2.38. The fourth-order valence-electron chi connectivity index (χ4n) is 2.71. The summed E-state index contributed by atoms with van der Waals surface area (Å²) in [5, 5.41) is 2.11. The molecule has 1 unspecified atom stereocenters. The number of carbonyl (C=O) groups excluding carboxylic acids is 1. The van der Waals surface area contributed by atoms with Crippen LogP contribution in [0.2, 0.25) is 0 Å². The number of carbonyl (C=O) groups is 1. The Bertz CT molecular complexity index is 523. The molecule has 0 bridgehead atoms. The molecule has 0 radical (unpaired) electrons. The summed E-state index contributed by atoms with van der Waals surface area (Å²) >= 11 is 0. The van der Waals surface area contributed by atoms with Gasteiger partial charge in [0.1, 0.15) is 11.9 Å². The zero-order chi connectivity index (χ0) is 15.6. The number of aldehydes is 1. The molecule has 21 heavy (non-hydrogen) atoms. The third-order valence-electron chi connectivity index (χ3n) is 3.78. The van der Waals surface area contributed by atoms with E-state index in [4.69, 9.17) is 0 Å². The summed E-state index contributed by atoms with van der Waals surface area (Å²) in [5.41, 5.74) is -1.37. The number of rotatable bonds is 4. The number of hydrogen-bond donors (Lipinski definition) is 1. The molecule has 1 saturated carbocycles. The van der Waals surface area contributed by atoms with Gasteiger partial charge in [-0.1, -0.05) is 12.8 Å². The Balaban J connectivity index is 2.30. The molecule has 7 heteroatoms. The lowest BCUT2D eigenvalue weighted by Crippen LogP contribution is -2.42. The van der Waals surface area contributed by atoms with Crippen LogP contribution in [0.3, 0.4) is 0 Å². The summed E-state index contributed by atoms with van der Waals surface area (Å²) in [6.45, 7) is 0. The van der Waals surface area contributed by atoms with Gasteiger partial charge in [-0.25, -0.2) is 8.78 Å². The molecule has 0 amide bonds. The summed E-state index contributed by atoms with van der Waals surface area (Å²) in [4.78, 5) is 10.6. The van der Waals surface area contributed by atoms with E-state index in [0.29, 0.717) is 25.7 Å². The van der Waals surface area contributed by atoms with E-state index in [9.17, 15) is 26.7 Å². The Morgan fingerprint density at radius 2 is 1.81 bits per heavy atom. The van der Waals surface area contributed by atoms with Crippen molar-refractivity contribution < 1.29 is 26.7 Å². The normalized spacial score (nSPS) is 17.8. The molecule has 1 aromatic carbocycles. The number of anilines is 1. The lowest BCUT2D eigenvalue weighted by Gasteiger charge is -2.28. The highest BCUT2D eigenvalue weighted by Gasteiger charge is 2.45. The molecule has 1 fully saturated rings. The molecule has 0 saturated heterocycles. The molecule has 2 rings (SSSR count). The fraction of sp³-hybridized carbons (Fsp3) is 0.500. The number of benzene rings is 1. The molecule has 1 aromatic rings. The Hall–Kier alpha value is -1.66. The minimum Gasteiger partial charge on any atom is -0.371 e. The van der Waals surface area contributed by atoms with Gasteiger partial charge in [0, 0.05) is 0 Å². The van der Waals surface area contributed by atoms with Crippen LogP contribution in [0.5, 0.6) is 0 Å². The van der Waals surface area contributed by atoms with Crippen molar-refractivity contribution in [2.24, 2.45) is 5.92 Å². The van der Waals surface area contributed by atoms with Gasteiger partial charge in [-0.3, -0.25) is 4.79 Å². The lowest BCUT2D eigenvalue weighted by atomic mass is 9.97. The van der Waals surface area contributed by atoms with Gasteiger partial charge in [0.05, 0.1) is 11.3 Å². The Kier molecular flexibility index (Phi) is 4.49. The first kappa shape index (κ1) is 15.7. The molecular formula is C14H14F5NO. The molecule has 0 aliphatic heterocycles. The molecule has 1 aliphatic rings. The second kappa shape index (κ2) is 5.99. The molecule has 1 N–H and O–H groups in total. The first-order valence-electron chi connectivity index (χ1n) is 6.61. The summed E-state index contributed by atoms with van der Waals surface area (Å²) in [6, 6.07) is -0.248. The van der Waals surface area contributed by atoms with Crippen LogP contribution in [-0.2, 0) is 0 Å². The van der Waals surface area contributed by atoms with E-state index in [2.05, 4.69) is 5.32 Å². The molecule has 116 valence electrons. The van der Waals surface area contributed by atoms with E-state index in [1.54, 1.807) is 0 Å². The van der Waals surface area contributed by atoms with E-state index in [1.807, 2.05) is 0 Å². The van der Waals surface area contributed by atoms with Crippen molar-refractivity contribution in [1.82, 2.24) is 0 Å². The maximum Gasteiger partial charge on any atom is 0.408 e. The monoisotopic (exact) mass is 307 g/mol. The molecule has 1 atom stereocenters. The molecule has 2 nitrogen and oxygen atoms in total. The molecule has 0 heterocycles. The fourth-order valence-corrected chi connectivity index (χ4v) is 2.71. The smallest absolute Gasteiger partial charge is 0.371 e. The van der Waals surface area contributed by atoms with Gasteiger partial charge in [0.25, 0.3) is 0 Å². The summed E-state index contributed by atoms with van der Waals surface area (Å²) in [6.07, 6.45) is -2.39. The standard InChI is InChI=1S/C14H14F5NO/c15-10-5-6-11(12(16)9(10)7-21)20-13(14(17,18)19)8-3-1-2-4-8/h5-8,13,20H,1-4H2. The Morgan fingerprint density at radius 3 is 2.33 bits per heavy atom. The first-order valence-corrected chi connectivity index (χ1v) is 6.61. The zero-order valence-corrected chi connectivity index (χ0v) is 11.0. The van der Waals surface area contributed by atoms with E-state index in [1.165, 1.54) is 0 Å². The second-order valence-electron chi connectivity index (χ2n) is 5.15. The van der Waals surface area contributed by atoms with Crippen molar-refractivity contribution in [3.05, 3.63) is 29.3 Å². The maximum atomic E-state index is 13.9. The number of hydrogen-bond acceptors (Lipinski definition) is 2. The quantitative estimate of drug-likeness (QED) is 0.663. The average molecular weight is 307 g/mol. The third-order valence-corrected chi connectivity index (χ3v) is 3.78. The van der Waals surface area contributed by atoms with E-state index in [-0.39, 0.29) is 6.29 Å². The van der Waals surface area contributed by atoms with Crippen LogP contribution in [0.1, 0.15) is 36.0 Å². The van der Waals surface area contributed by atoms with Crippen LogP contribution in [0.25, 0.3) is 0 Å². The average Bonchev–Trinajstić information content (AvgIpc) is 2.90. The van der Waals surface area contributed by atoms with Gasteiger partial charge in [0.2, 0.25) is 0 Å². The van der Waals surface area contributed by atoms with E-state index >= 15 is 0 Å².